The second-order valence-corrected chi connectivity index (χ2v) is 5.01. The van der Waals surface area contributed by atoms with Crippen molar-refractivity contribution in [3.63, 3.8) is 0 Å². The Morgan fingerprint density at radius 2 is 2.06 bits per heavy atom. The molecule has 0 bridgehead atoms. The maximum absolute atomic E-state index is 6.38. The van der Waals surface area contributed by atoms with Crippen LogP contribution in [0.1, 0.15) is 12.8 Å². The van der Waals surface area contributed by atoms with Gasteiger partial charge in [-0.2, -0.15) is 0 Å². The summed E-state index contributed by atoms with van der Waals surface area (Å²) in [5, 5.41) is 6.16. The van der Waals surface area contributed by atoms with Crippen LogP contribution in [0.3, 0.4) is 0 Å². The molecule has 0 amide bonds. The lowest BCUT2D eigenvalue weighted by Crippen LogP contribution is -2.19. The van der Waals surface area contributed by atoms with Crippen LogP contribution in [-0.4, -0.2) is 25.1 Å². The van der Waals surface area contributed by atoms with E-state index in [1.807, 2.05) is 25.4 Å². The van der Waals surface area contributed by atoms with Crippen molar-refractivity contribution in [1.29, 1.82) is 0 Å². The molecule has 1 aliphatic heterocycles. The normalized spacial score (nSPS) is 15.3. The Labute approximate surface area is 112 Å². The van der Waals surface area contributed by atoms with Crippen LogP contribution in [0.15, 0.2) is 24.4 Å². The number of benzene rings is 1. The van der Waals surface area contributed by atoms with Gasteiger partial charge in [-0.15, -0.1) is 0 Å². The molecule has 0 unspecified atom stereocenters. The molecule has 0 aliphatic carbocycles. The maximum Gasteiger partial charge on any atom is 0.138 e. The van der Waals surface area contributed by atoms with E-state index in [0.29, 0.717) is 0 Å². The number of pyridine rings is 1. The van der Waals surface area contributed by atoms with E-state index in [9.17, 15) is 0 Å². The highest BCUT2D eigenvalue weighted by Crippen LogP contribution is 2.36. The molecule has 0 atom stereocenters. The minimum atomic E-state index is 0.777. The van der Waals surface area contributed by atoms with E-state index in [4.69, 9.17) is 11.6 Å². The van der Waals surface area contributed by atoms with Crippen LogP contribution in [0.25, 0.3) is 10.8 Å². The van der Waals surface area contributed by atoms with Gasteiger partial charge in [0, 0.05) is 30.9 Å². The summed E-state index contributed by atoms with van der Waals surface area (Å²) in [5.74, 6) is 1.02. The van der Waals surface area contributed by atoms with Crippen LogP contribution in [0, 0.1) is 0 Å². The fourth-order valence-electron chi connectivity index (χ4n) is 2.60. The summed E-state index contributed by atoms with van der Waals surface area (Å²) in [6.07, 6.45) is 4.37. The van der Waals surface area contributed by atoms with E-state index in [1.54, 1.807) is 0 Å². The predicted molar refractivity (Wildman–Crippen MR) is 77.7 cm³/mol. The van der Waals surface area contributed by atoms with Crippen molar-refractivity contribution in [1.82, 2.24) is 4.98 Å². The molecule has 1 aliphatic rings. The summed E-state index contributed by atoms with van der Waals surface area (Å²) in [6, 6.07) is 6.01. The molecule has 1 N–H and O–H groups in total. The SMILES string of the molecule is CNc1cnc(N2CCCC2)c2c(Cl)cccc12. The van der Waals surface area contributed by atoms with Gasteiger partial charge in [0.1, 0.15) is 5.82 Å². The molecule has 2 aromatic rings. The number of halogens is 1. The predicted octanol–water partition coefficient (Wildman–Crippen LogP) is 3.53. The Morgan fingerprint density at radius 1 is 1.28 bits per heavy atom. The molecule has 0 saturated carbocycles. The highest BCUT2D eigenvalue weighted by molar-refractivity contribution is 6.37. The zero-order chi connectivity index (χ0) is 12.5. The topological polar surface area (TPSA) is 28.2 Å². The Bertz CT molecular complexity index is 577. The minimum absolute atomic E-state index is 0.777. The summed E-state index contributed by atoms with van der Waals surface area (Å²) in [4.78, 5) is 6.93. The van der Waals surface area contributed by atoms with Gasteiger partial charge in [-0.3, -0.25) is 0 Å². The lowest BCUT2D eigenvalue weighted by atomic mass is 10.1. The molecule has 3 rings (SSSR count). The van der Waals surface area contributed by atoms with Gasteiger partial charge >= 0.3 is 0 Å². The molecular weight excluding hydrogens is 246 g/mol. The smallest absolute Gasteiger partial charge is 0.138 e. The summed E-state index contributed by atoms with van der Waals surface area (Å²) in [6.45, 7) is 2.15. The Kier molecular flexibility index (Phi) is 3.00. The summed E-state index contributed by atoms with van der Waals surface area (Å²) in [7, 11) is 1.91. The monoisotopic (exact) mass is 261 g/mol. The first-order valence-corrected chi connectivity index (χ1v) is 6.69. The standard InChI is InChI=1S/C14H16ClN3/c1-16-12-9-17-14(18-7-2-3-8-18)13-10(12)5-4-6-11(13)15/h4-6,9,16H,2-3,7-8H2,1H3. The third-order valence-electron chi connectivity index (χ3n) is 3.52. The Morgan fingerprint density at radius 3 is 2.78 bits per heavy atom. The largest absolute Gasteiger partial charge is 0.386 e. The van der Waals surface area contributed by atoms with Crippen LogP contribution < -0.4 is 10.2 Å². The van der Waals surface area contributed by atoms with E-state index < -0.39 is 0 Å². The number of rotatable bonds is 2. The first-order valence-electron chi connectivity index (χ1n) is 6.31. The van der Waals surface area contributed by atoms with Crippen molar-refractivity contribution < 1.29 is 0 Å². The molecule has 4 heteroatoms. The van der Waals surface area contributed by atoms with Crippen LogP contribution in [0.2, 0.25) is 5.02 Å². The van der Waals surface area contributed by atoms with Crippen LogP contribution in [-0.2, 0) is 0 Å². The minimum Gasteiger partial charge on any atom is -0.386 e. The Balaban J connectivity index is 2.26. The van der Waals surface area contributed by atoms with Gasteiger partial charge in [-0.1, -0.05) is 23.7 Å². The molecule has 18 heavy (non-hydrogen) atoms. The molecule has 0 spiro atoms. The average molecular weight is 262 g/mol. The number of anilines is 2. The number of nitrogens with one attached hydrogen (secondary N) is 1. The van der Waals surface area contributed by atoms with Gasteiger partial charge in [0.2, 0.25) is 0 Å². The van der Waals surface area contributed by atoms with Crippen molar-refractivity contribution in [3.05, 3.63) is 29.4 Å². The summed E-state index contributed by atoms with van der Waals surface area (Å²) < 4.78 is 0. The number of fused-ring (bicyclic) bond motifs is 1. The third-order valence-corrected chi connectivity index (χ3v) is 3.83. The third kappa shape index (κ3) is 1.79. The first-order chi connectivity index (χ1) is 8.81. The van der Waals surface area contributed by atoms with Gasteiger partial charge in [-0.25, -0.2) is 4.98 Å². The lowest BCUT2D eigenvalue weighted by molar-refractivity contribution is 0.946. The van der Waals surface area contributed by atoms with Crippen molar-refractivity contribution >= 4 is 33.9 Å². The van der Waals surface area contributed by atoms with Gasteiger partial charge < -0.3 is 10.2 Å². The number of aromatic nitrogens is 1. The summed E-state index contributed by atoms with van der Waals surface area (Å²) >= 11 is 6.38. The highest BCUT2D eigenvalue weighted by Gasteiger charge is 2.18. The fourth-order valence-corrected chi connectivity index (χ4v) is 2.86. The molecule has 0 radical (unpaired) electrons. The van der Waals surface area contributed by atoms with E-state index in [1.165, 1.54) is 12.8 Å². The van der Waals surface area contributed by atoms with Crippen molar-refractivity contribution in [2.24, 2.45) is 0 Å². The van der Waals surface area contributed by atoms with Crippen molar-refractivity contribution in [3.8, 4) is 0 Å². The first kappa shape index (κ1) is 11.6. The molecule has 94 valence electrons. The van der Waals surface area contributed by atoms with Gasteiger partial charge in [0.05, 0.1) is 16.9 Å². The van der Waals surface area contributed by atoms with Crippen LogP contribution in [0.5, 0.6) is 0 Å². The maximum atomic E-state index is 6.38. The molecule has 1 aromatic carbocycles. The molecule has 3 nitrogen and oxygen atoms in total. The molecule has 1 fully saturated rings. The Hall–Kier alpha value is -1.48. The lowest BCUT2D eigenvalue weighted by Gasteiger charge is -2.20. The number of nitrogens with zero attached hydrogens (tertiary/aromatic N) is 2. The average Bonchev–Trinajstić information content (AvgIpc) is 2.91. The molecule has 2 heterocycles. The second-order valence-electron chi connectivity index (χ2n) is 4.60. The van der Waals surface area contributed by atoms with E-state index in [0.717, 1.165) is 40.4 Å². The second kappa shape index (κ2) is 4.65. The van der Waals surface area contributed by atoms with E-state index in [-0.39, 0.29) is 0 Å². The highest BCUT2D eigenvalue weighted by atomic mass is 35.5. The van der Waals surface area contributed by atoms with E-state index >= 15 is 0 Å². The zero-order valence-electron chi connectivity index (χ0n) is 10.4. The molecular formula is C14H16ClN3. The van der Waals surface area contributed by atoms with E-state index in [2.05, 4.69) is 21.3 Å². The summed E-state index contributed by atoms with van der Waals surface area (Å²) in [5.41, 5.74) is 1.02. The van der Waals surface area contributed by atoms with Gasteiger partial charge in [0.15, 0.2) is 0 Å². The van der Waals surface area contributed by atoms with Crippen molar-refractivity contribution in [2.45, 2.75) is 12.8 Å². The number of hydrogen-bond acceptors (Lipinski definition) is 3. The number of hydrogen-bond donors (Lipinski definition) is 1. The van der Waals surface area contributed by atoms with Crippen molar-refractivity contribution in [2.75, 3.05) is 30.4 Å². The zero-order valence-corrected chi connectivity index (χ0v) is 11.2. The molecule has 1 aromatic heterocycles. The molecule has 1 saturated heterocycles. The van der Waals surface area contributed by atoms with Crippen LogP contribution >= 0.6 is 11.6 Å². The fraction of sp³-hybridized carbons (Fsp3) is 0.357. The quantitative estimate of drug-likeness (QED) is 0.896. The van der Waals surface area contributed by atoms with Crippen LogP contribution in [0.4, 0.5) is 11.5 Å². The van der Waals surface area contributed by atoms with Gasteiger partial charge in [-0.05, 0) is 18.9 Å². The van der Waals surface area contributed by atoms with Gasteiger partial charge in [0.25, 0.3) is 0 Å².